The Labute approximate surface area is 130 Å². The molecule has 2 rings (SSSR count). The first-order chi connectivity index (χ1) is 10.7. The van der Waals surface area contributed by atoms with Crippen molar-refractivity contribution in [1.29, 1.82) is 0 Å². The number of carbonyl (C=O) groups excluding carboxylic acids is 1. The van der Waals surface area contributed by atoms with Gasteiger partial charge in [-0.25, -0.2) is 0 Å². The number of carbonyl (C=O) groups is 1. The van der Waals surface area contributed by atoms with E-state index in [1.807, 2.05) is 24.3 Å². The molecule has 0 aliphatic heterocycles. The molecule has 0 saturated heterocycles. The Bertz CT molecular complexity index is 659. The summed E-state index contributed by atoms with van der Waals surface area (Å²) in [5, 5.41) is 2.86. The topological polar surface area (TPSA) is 51.1 Å². The smallest absolute Gasteiger partial charge is 0.250 e. The van der Waals surface area contributed by atoms with E-state index in [-0.39, 0.29) is 17.9 Å². The van der Waals surface area contributed by atoms with Crippen LogP contribution in [0.25, 0.3) is 0 Å². The van der Waals surface area contributed by atoms with Gasteiger partial charge in [0, 0.05) is 30.9 Å². The highest BCUT2D eigenvalue weighted by molar-refractivity contribution is 5.90. The molecule has 0 aliphatic rings. The lowest BCUT2D eigenvalue weighted by Gasteiger charge is -2.08. The van der Waals surface area contributed by atoms with Gasteiger partial charge in [0.1, 0.15) is 0 Å². The Kier molecular flexibility index (Phi) is 5.95. The van der Waals surface area contributed by atoms with Gasteiger partial charge >= 0.3 is 0 Å². The van der Waals surface area contributed by atoms with Gasteiger partial charge in [-0.1, -0.05) is 31.5 Å². The van der Waals surface area contributed by atoms with Gasteiger partial charge in [-0.3, -0.25) is 9.59 Å². The van der Waals surface area contributed by atoms with Crippen LogP contribution in [0.4, 0.5) is 5.69 Å². The molecular weight excluding hydrogens is 276 g/mol. The number of pyridine rings is 1. The normalized spacial score (nSPS) is 10.4. The molecule has 1 amide bonds. The molecule has 1 N–H and O–H groups in total. The van der Waals surface area contributed by atoms with Crippen LogP contribution in [0.1, 0.15) is 31.7 Å². The van der Waals surface area contributed by atoms with Gasteiger partial charge in [-0.2, -0.15) is 0 Å². The van der Waals surface area contributed by atoms with E-state index < -0.39 is 0 Å². The van der Waals surface area contributed by atoms with Gasteiger partial charge in [-0.15, -0.1) is 0 Å². The molecule has 1 aromatic carbocycles. The highest BCUT2D eigenvalue weighted by Crippen LogP contribution is 2.12. The second-order valence-corrected chi connectivity index (χ2v) is 5.33. The van der Waals surface area contributed by atoms with Crippen LogP contribution in [-0.2, 0) is 17.8 Å². The first-order valence-corrected chi connectivity index (χ1v) is 7.73. The van der Waals surface area contributed by atoms with Crippen LogP contribution in [0.5, 0.6) is 0 Å². The zero-order valence-electron chi connectivity index (χ0n) is 12.9. The number of unbranched alkanes of at least 4 members (excludes halogenated alkanes) is 1. The number of benzene rings is 1. The number of amides is 1. The summed E-state index contributed by atoms with van der Waals surface area (Å²) in [4.78, 5) is 23.5. The molecule has 0 spiro atoms. The van der Waals surface area contributed by atoms with Crippen molar-refractivity contribution in [2.75, 3.05) is 5.32 Å². The highest BCUT2D eigenvalue weighted by atomic mass is 16.1. The molecular formula is C18H22N2O2. The summed E-state index contributed by atoms with van der Waals surface area (Å²) in [6.07, 6.45) is 5.40. The van der Waals surface area contributed by atoms with Gasteiger partial charge in [0.05, 0.1) is 0 Å². The second-order valence-electron chi connectivity index (χ2n) is 5.33. The zero-order valence-corrected chi connectivity index (χ0v) is 12.9. The van der Waals surface area contributed by atoms with Crippen LogP contribution in [-0.4, -0.2) is 10.5 Å². The summed E-state index contributed by atoms with van der Waals surface area (Å²) in [5.41, 5.74) is 2.00. The highest BCUT2D eigenvalue weighted by Gasteiger charge is 2.04. The van der Waals surface area contributed by atoms with Crippen molar-refractivity contribution in [1.82, 2.24) is 4.57 Å². The monoisotopic (exact) mass is 298 g/mol. The molecule has 22 heavy (non-hydrogen) atoms. The fourth-order valence-electron chi connectivity index (χ4n) is 2.23. The van der Waals surface area contributed by atoms with Gasteiger partial charge < -0.3 is 9.88 Å². The molecule has 116 valence electrons. The summed E-state index contributed by atoms with van der Waals surface area (Å²) in [6.45, 7) is 2.56. The zero-order chi connectivity index (χ0) is 15.8. The Morgan fingerprint density at radius 1 is 1.14 bits per heavy atom. The van der Waals surface area contributed by atoms with E-state index in [1.165, 1.54) is 29.0 Å². The quantitative estimate of drug-likeness (QED) is 0.853. The van der Waals surface area contributed by atoms with Gasteiger partial charge in [0.2, 0.25) is 5.91 Å². The van der Waals surface area contributed by atoms with E-state index in [4.69, 9.17) is 0 Å². The number of nitrogens with one attached hydrogen (secondary N) is 1. The summed E-state index contributed by atoms with van der Waals surface area (Å²) in [6, 6.07) is 12.9. The Balaban J connectivity index is 1.84. The van der Waals surface area contributed by atoms with Crippen molar-refractivity contribution < 1.29 is 4.79 Å². The van der Waals surface area contributed by atoms with Crippen LogP contribution < -0.4 is 10.9 Å². The van der Waals surface area contributed by atoms with Gasteiger partial charge in [0.25, 0.3) is 5.56 Å². The van der Waals surface area contributed by atoms with E-state index in [0.717, 1.165) is 12.1 Å². The lowest BCUT2D eigenvalue weighted by Crippen LogP contribution is -2.21. The Morgan fingerprint density at radius 3 is 2.59 bits per heavy atom. The minimum Gasteiger partial charge on any atom is -0.326 e. The third-order valence-electron chi connectivity index (χ3n) is 3.54. The predicted molar refractivity (Wildman–Crippen MR) is 89.0 cm³/mol. The number of aryl methyl sites for hydroxylation is 2. The molecule has 0 unspecified atom stereocenters. The van der Waals surface area contributed by atoms with Crippen LogP contribution in [0.2, 0.25) is 0 Å². The maximum absolute atomic E-state index is 11.9. The van der Waals surface area contributed by atoms with Crippen LogP contribution in [0.15, 0.2) is 53.5 Å². The molecule has 0 atom stereocenters. The largest absolute Gasteiger partial charge is 0.326 e. The van der Waals surface area contributed by atoms with Crippen LogP contribution >= 0.6 is 0 Å². The minimum absolute atomic E-state index is 0.0861. The molecule has 0 fully saturated rings. The lowest BCUT2D eigenvalue weighted by atomic mass is 10.1. The Morgan fingerprint density at radius 2 is 1.91 bits per heavy atom. The van der Waals surface area contributed by atoms with Crippen LogP contribution in [0, 0.1) is 0 Å². The van der Waals surface area contributed by atoms with E-state index in [2.05, 4.69) is 12.2 Å². The van der Waals surface area contributed by atoms with E-state index in [9.17, 15) is 9.59 Å². The third kappa shape index (κ3) is 4.88. The van der Waals surface area contributed by atoms with E-state index >= 15 is 0 Å². The van der Waals surface area contributed by atoms with Crippen molar-refractivity contribution in [3.05, 3.63) is 64.6 Å². The second kappa shape index (κ2) is 8.17. The minimum atomic E-state index is -0.0874. The van der Waals surface area contributed by atoms with Crippen molar-refractivity contribution in [3.63, 3.8) is 0 Å². The molecule has 4 nitrogen and oxygen atoms in total. The number of nitrogens with zero attached hydrogens (tertiary/aromatic N) is 1. The lowest BCUT2D eigenvalue weighted by molar-refractivity contribution is -0.116. The molecule has 1 aromatic heterocycles. The van der Waals surface area contributed by atoms with Gasteiger partial charge in [0.15, 0.2) is 0 Å². The van der Waals surface area contributed by atoms with Crippen molar-refractivity contribution in [2.45, 2.75) is 39.2 Å². The molecule has 0 radical (unpaired) electrons. The maximum atomic E-state index is 11.9. The number of rotatable bonds is 7. The first-order valence-electron chi connectivity index (χ1n) is 7.73. The molecule has 2 aromatic rings. The average molecular weight is 298 g/mol. The molecule has 0 aliphatic carbocycles. The summed E-state index contributed by atoms with van der Waals surface area (Å²) < 4.78 is 1.54. The third-order valence-corrected chi connectivity index (χ3v) is 3.54. The predicted octanol–water partition coefficient (Wildman–Crippen LogP) is 3.22. The average Bonchev–Trinajstić information content (AvgIpc) is 2.53. The standard InChI is InChI=1S/C18H22N2O2/c1-2-3-6-15-8-10-16(11-9-15)19-17(21)12-14-20-13-5-4-7-18(20)22/h4-5,7-11,13H,2-3,6,12,14H2,1H3,(H,19,21). The molecule has 1 heterocycles. The van der Waals surface area contributed by atoms with Crippen molar-refractivity contribution >= 4 is 11.6 Å². The van der Waals surface area contributed by atoms with Crippen molar-refractivity contribution in [3.8, 4) is 0 Å². The fraction of sp³-hybridized carbons (Fsp3) is 0.333. The molecule has 0 bridgehead atoms. The number of hydrogen-bond donors (Lipinski definition) is 1. The number of anilines is 1. The fourth-order valence-corrected chi connectivity index (χ4v) is 2.23. The number of aromatic nitrogens is 1. The van der Waals surface area contributed by atoms with E-state index in [1.54, 1.807) is 18.3 Å². The molecule has 4 heteroatoms. The SMILES string of the molecule is CCCCc1ccc(NC(=O)CCn2ccccc2=O)cc1. The first kappa shape index (κ1) is 16.0. The molecule has 0 saturated carbocycles. The van der Waals surface area contributed by atoms with Crippen LogP contribution in [0.3, 0.4) is 0 Å². The maximum Gasteiger partial charge on any atom is 0.250 e. The summed E-state index contributed by atoms with van der Waals surface area (Å²) in [7, 11) is 0. The van der Waals surface area contributed by atoms with Crippen molar-refractivity contribution in [2.24, 2.45) is 0 Å². The Hall–Kier alpha value is -2.36. The van der Waals surface area contributed by atoms with E-state index in [0.29, 0.717) is 6.54 Å². The summed E-state index contributed by atoms with van der Waals surface area (Å²) >= 11 is 0. The summed E-state index contributed by atoms with van der Waals surface area (Å²) in [5.74, 6) is -0.0861. The number of hydrogen-bond acceptors (Lipinski definition) is 2. The van der Waals surface area contributed by atoms with Gasteiger partial charge in [-0.05, 0) is 36.6 Å².